The summed E-state index contributed by atoms with van der Waals surface area (Å²) >= 11 is 1.71. The zero-order valence-corrected chi connectivity index (χ0v) is 13.3. The first-order chi connectivity index (χ1) is 10.1. The Hall–Kier alpha value is -2.01. The molecule has 0 fully saturated rings. The highest BCUT2D eigenvalue weighted by atomic mass is 32.1. The molecular weight excluding hydrogens is 282 g/mol. The molecule has 5 heteroatoms. The van der Waals surface area contributed by atoms with E-state index in [1.807, 2.05) is 36.6 Å². The fourth-order valence-electron chi connectivity index (χ4n) is 2.37. The van der Waals surface area contributed by atoms with Gasteiger partial charge in [0.2, 0.25) is 5.95 Å². The molecule has 3 aromatic rings. The average Bonchev–Trinajstić information content (AvgIpc) is 2.96. The van der Waals surface area contributed by atoms with Crippen LogP contribution in [0.25, 0.3) is 11.0 Å². The van der Waals surface area contributed by atoms with E-state index in [9.17, 15) is 0 Å². The molecule has 0 aliphatic heterocycles. The number of ether oxygens (including phenoxy) is 1. The average molecular weight is 301 g/mol. The molecule has 1 aromatic carbocycles. The fourth-order valence-corrected chi connectivity index (χ4v) is 3.22. The normalized spacial score (nSPS) is 11.4. The highest BCUT2D eigenvalue weighted by molar-refractivity contribution is 7.08. The van der Waals surface area contributed by atoms with E-state index >= 15 is 0 Å². The summed E-state index contributed by atoms with van der Waals surface area (Å²) in [7, 11) is 0. The first-order valence-electron chi connectivity index (χ1n) is 6.99. The molecule has 0 aliphatic rings. The number of nitrogens with zero attached hydrogens (tertiary/aromatic N) is 2. The molecule has 0 spiro atoms. The quantitative estimate of drug-likeness (QED) is 0.797. The SMILES string of the molecule is Cc1cscc1Cn1c(N)nc2c(OC(C)C)cccc21. The third kappa shape index (κ3) is 2.61. The highest BCUT2D eigenvalue weighted by Gasteiger charge is 2.14. The van der Waals surface area contributed by atoms with Crippen LogP contribution in [-0.2, 0) is 6.54 Å². The van der Waals surface area contributed by atoms with Gasteiger partial charge in [-0.25, -0.2) is 4.98 Å². The van der Waals surface area contributed by atoms with Crippen LogP contribution >= 0.6 is 11.3 Å². The van der Waals surface area contributed by atoms with Crippen LogP contribution in [0.15, 0.2) is 29.0 Å². The number of aryl methyl sites for hydroxylation is 1. The Kier molecular flexibility index (Phi) is 3.59. The lowest BCUT2D eigenvalue weighted by atomic mass is 10.2. The van der Waals surface area contributed by atoms with Crippen LogP contribution in [0.4, 0.5) is 5.95 Å². The van der Waals surface area contributed by atoms with Crippen LogP contribution in [0.2, 0.25) is 0 Å². The number of hydrogen-bond acceptors (Lipinski definition) is 4. The van der Waals surface area contributed by atoms with Gasteiger partial charge in [-0.1, -0.05) is 6.07 Å². The molecule has 0 saturated carbocycles. The van der Waals surface area contributed by atoms with Crippen molar-refractivity contribution in [2.75, 3.05) is 5.73 Å². The Morgan fingerprint density at radius 2 is 2.14 bits per heavy atom. The molecule has 0 bridgehead atoms. The lowest BCUT2D eigenvalue weighted by molar-refractivity contribution is 0.245. The molecule has 3 rings (SSSR count). The van der Waals surface area contributed by atoms with Gasteiger partial charge >= 0.3 is 0 Å². The molecule has 2 N–H and O–H groups in total. The van der Waals surface area contributed by atoms with Gasteiger partial charge in [0.25, 0.3) is 0 Å². The number of fused-ring (bicyclic) bond motifs is 1. The molecule has 0 radical (unpaired) electrons. The molecular formula is C16H19N3OS. The minimum absolute atomic E-state index is 0.112. The Bertz CT molecular complexity index is 773. The summed E-state index contributed by atoms with van der Waals surface area (Å²) in [5.74, 6) is 1.31. The van der Waals surface area contributed by atoms with Crippen LogP contribution in [0, 0.1) is 6.92 Å². The zero-order valence-electron chi connectivity index (χ0n) is 12.5. The summed E-state index contributed by atoms with van der Waals surface area (Å²) in [4.78, 5) is 4.50. The van der Waals surface area contributed by atoms with Gasteiger partial charge in [0.05, 0.1) is 18.2 Å². The Labute approximate surface area is 128 Å². The van der Waals surface area contributed by atoms with Crippen molar-refractivity contribution in [2.45, 2.75) is 33.4 Å². The molecule has 2 heterocycles. The first kappa shape index (κ1) is 13.9. The second-order valence-corrected chi connectivity index (χ2v) is 6.17. The topological polar surface area (TPSA) is 53.1 Å². The monoisotopic (exact) mass is 301 g/mol. The van der Waals surface area contributed by atoms with Crippen LogP contribution < -0.4 is 10.5 Å². The number of nitrogens with two attached hydrogens (primary N) is 1. The van der Waals surface area contributed by atoms with Gasteiger partial charge < -0.3 is 15.0 Å². The number of nitrogen functional groups attached to an aromatic ring is 1. The molecule has 2 aromatic heterocycles. The molecule has 4 nitrogen and oxygen atoms in total. The number of thiophene rings is 1. The number of imidazole rings is 1. The summed E-state index contributed by atoms with van der Waals surface area (Å²) in [6.45, 7) is 6.87. The Morgan fingerprint density at radius 3 is 2.81 bits per heavy atom. The van der Waals surface area contributed by atoms with Crippen molar-refractivity contribution in [3.05, 3.63) is 40.1 Å². The van der Waals surface area contributed by atoms with Crippen LogP contribution in [0.3, 0.4) is 0 Å². The van der Waals surface area contributed by atoms with Crippen molar-refractivity contribution in [3.63, 3.8) is 0 Å². The van der Waals surface area contributed by atoms with Gasteiger partial charge in [-0.05, 0) is 54.8 Å². The van der Waals surface area contributed by atoms with Gasteiger partial charge in [-0.3, -0.25) is 0 Å². The van der Waals surface area contributed by atoms with Gasteiger partial charge in [-0.15, -0.1) is 0 Å². The maximum atomic E-state index is 6.12. The van der Waals surface area contributed by atoms with E-state index in [1.54, 1.807) is 11.3 Å². The Balaban J connectivity index is 2.07. The third-order valence-corrected chi connectivity index (χ3v) is 4.33. The lowest BCUT2D eigenvalue weighted by Crippen LogP contribution is -2.06. The summed E-state index contributed by atoms with van der Waals surface area (Å²) in [6, 6.07) is 5.96. The van der Waals surface area contributed by atoms with E-state index in [0.717, 1.165) is 23.3 Å². The fraction of sp³-hybridized carbons (Fsp3) is 0.312. The molecule has 110 valence electrons. The van der Waals surface area contributed by atoms with Crippen molar-refractivity contribution in [2.24, 2.45) is 0 Å². The maximum absolute atomic E-state index is 6.12. The van der Waals surface area contributed by atoms with E-state index in [2.05, 4.69) is 22.7 Å². The number of para-hydroxylation sites is 1. The van der Waals surface area contributed by atoms with E-state index < -0.39 is 0 Å². The van der Waals surface area contributed by atoms with E-state index in [1.165, 1.54) is 11.1 Å². The first-order valence-corrected chi connectivity index (χ1v) is 7.93. The second-order valence-electron chi connectivity index (χ2n) is 5.43. The molecule has 0 unspecified atom stereocenters. The van der Waals surface area contributed by atoms with Gasteiger partial charge in [0.15, 0.2) is 0 Å². The van der Waals surface area contributed by atoms with Crippen molar-refractivity contribution in [1.82, 2.24) is 9.55 Å². The minimum Gasteiger partial charge on any atom is -0.489 e. The predicted molar refractivity (Wildman–Crippen MR) is 88.1 cm³/mol. The second kappa shape index (κ2) is 5.41. The molecule has 0 atom stereocenters. The summed E-state index contributed by atoms with van der Waals surface area (Å²) in [5.41, 5.74) is 10.5. The van der Waals surface area contributed by atoms with Crippen LogP contribution in [0.1, 0.15) is 25.0 Å². The molecule has 0 aliphatic carbocycles. The number of hydrogen-bond donors (Lipinski definition) is 1. The van der Waals surface area contributed by atoms with E-state index in [0.29, 0.717) is 5.95 Å². The van der Waals surface area contributed by atoms with E-state index in [-0.39, 0.29) is 6.10 Å². The largest absolute Gasteiger partial charge is 0.489 e. The standard InChI is InChI=1S/C16H19N3OS/c1-10(2)20-14-6-4-5-13-15(14)18-16(17)19(13)7-12-9-21-8-11(12)3/h4-6,8-10H,7H2,1-3H3,(H2,17,18). The van der Waals surface area contributed by atoms with Gasteiger partial charge in [-0.2, -0.15) is 11.3 Å². The van der Waals surface area contributed by atoms with E-state index in [4.69, 9.17) is 10.5 Å². The van der Waals surface area contributed by atoms with Crippen LogP contribution in [-0.4, -0.2) is 15.7 Å². The number of anilines is 1. The summed E-state index contributed by atoms with van der Waals surface area (Å²) < 4.78 is 7.86. The lowest BCUT2D eigenvalue weighted by Gasteiger charge is -2.10. The molecule has 0 saturated heterocycles. The van der Waals surface area contributed by atoms with Gasteiger partial charge in [0.1, 0.15) is 11.3 Å². The zero-order chi connectivity index (χ0) is 15.0. The minimum atomic E-state index is 0.112. The maximum Gasteiger partial charge on any atom is 0.201 e. The Morgan fingerprint density at radius 1 is 1.33 bits per heavy atom. The number of benzene rings is 1. The van der Waals surface area contributed by atoms with Crippen molar-refractivity contribution in [3.8, 4) is 5.75 Å². The van der Waals surface area contributed by atoms with Crippen molar-refractivity contribution >= 4 is 28.3 Å². The summed E-state index contributed by atoms with van der Waals surface area (Å²) in [5, 5.41) is 4.31. The number of aromatic nitrogens is 2. The number of rotatable bonds is 4. The summed E-state index contributed by atoms with van der Waals surface area (Å²) in [6.07, 6.45) is 0.112. The van der Waals surface area contributed by atoms with Crippen molar-refractivity contribution in [1.29, 1.82) is 0 Å². The predicted octanol–water partition coefficient (Wildman–Crippen LogP) is 3.82. The molecule has 0 amide bonds. The highest BCUT2D eigenvalue weighted by Crippen LogP contribution is 2.29. The smallest absolute Gasteiger partial charge is 0.201 e. The van der Waals surface area contributed by atoms with Crippen molar-refractivity contribution < 1.29 is 4.74 Å². The van der Waals surface area contributed by atoms with Crippen LogP contribution in [0.5, 0.6) is 5.75 Å². The van der Waals surface area contributed by atoms with Gasteiger partial charge in [0, 0.05) is 0 Å². The third-order valence-electron chi connectivity index (χ3n) is 3.42. The molecule has 21 heavy (non-hydrogen) atoms.